The summed E-state index contributed by atoms with van der Waals surface area (Å²) in [5.74, 6) is 0.555. The lowest BCUT2D eigenvalue weighted by atomic mass is 10.1. The summed E-state index contributed by atoms with van der Waals surface area (Å²) >= 11 is 0. The molecule has 2 aliphatic rings. The number of hydrogen-bond donors (Lipinski definition) is 2. The van der Waals surface area contributed by atoms with Crippen molar-refractivity contribution in [2.24, 2.45) is 0 Å². The highest BCUT2D eigenvalue weighted by atomic mass is 16.5. The zero-order valence-corrected chi connectivity index (χ0v) is 22.8. The Morgan fingerprint density at radius 1 is 0.769 bits per heavy atom. The minimum Gasteiger partial charge on any atom is -0.493 e. The summed E-state index contributed by atoms with van der Waals surface area (Å²) in [6, 6.07) is 10.4. The fourth-order valence-corrected chi connectivity index (χ4v) is 4.92. The summed E-state index contributed by atoms with van der Waals surface area (Å²) in [5, 5.41) is 6.34. The lowest BCUT2D eigenvalue weighted by Gasteiger charge is -2.27. The molecule has 2 fully saturated rings. The zero-order valence-electron chi connectivity index (χ0n) is 22.8. The molecule has 11 heteroatoms. The van der Waals surface area contributed by atoms with Gasteiger partial charge in [-0.3, -0.25) is 9.59 Å². The molecule has 2 aliphatic heterocycles. The third-order valence-electron chi connectivity index (χ3n) is 7.03. The van der Waals surface area contributed by atoms with Crippen LogP contribution in [0.2, 0.25) is 0 Å². The average Bonchev–Trinajstić information content (AvgIpc) is 3.40. The lowest BCUT2D eigenvalue weighted by Crippen LogP contribution is -2.35. The number of methoxy groups -OCH3 is 3. The third kappa shape index (κ3) is 6.72. The first-order valence-corrected chi connectivity index (χ1v) is 13.2. The maximum Gasteiger partial charge on any atom is 0.409 e. The van der Waals surface area contributed by atoms with Crippen molar-refractivity contribution >= 4 is 29.3 Å². The van der Waals surface area contributed by atoms with Crippen molar-refractivity contribution in [3.63, 3.8) is 0 Å². The topological polar surface area (TPSA) is 113 Å². The molecule has 0 aliphatic carbocycles. The molecular formula is C28H37N5O6. The van der Waals surface area contributed by atoms with Crippen LogP contribution in [0.5, 0.6) is 11.5 Å². The minimum atomic E-state index is -0.355. The predicted octanol–water partition coefficient (Wildman–Crippen LogP) is 2.67. The van der Waals surface area contributed by atoms with Gasteiger partial charge >= 0.3 is 6.09 Å². The van der Waals surface area contributed by atoms with Crippen LogP contribution in [0, 0.1) is 0 Å². The number of anilines is 2. The van der Waals surface area contributed by atoms with Crippen molar-refractivity contribution in [2.75, 3.05) is 83.9 Å². The number of nitrogens with zero attached hydrogens (tertiary/aromatic N) is 3. The second-order valence-corrected chi connectivity index (χ2v) is 9.45. The SMILES string of the molecule is COC(=O)N1CCCN(c2ccc(C(=O)N3CCCNCC3)cc2NC(=O)c2ccc(OC)c(OC)c2)CC1. The maximum absolute atomic E-state index is 13.4. The average molecular weight is 540 g/mol. The Morgan fingerprint density at radius 3 is 2.31 bits per heavy atom. The number of carbonyl (C=O) groups excluding carboxylic acids is 3. The van der Waals surface area contributed by atoms with E-state index in [2.05, 4.69) is 15.5 Å². The fourth-order valence-electron chi connectivity index (χ4n) is 4.92. The molecule has 2 aromatic carbocycles. The Morgan fingerprint density at radius 2 is 1.54 bits per heavy atom. The van der Waals surface area contributed by atoms with Crippen LogP contribution in [0.1, 0.15) is 33.6 Å². The summed E-state index contributed by atoms with van der Waals surface area (Å²) in [6.45, 7) is 5.23. The molecule has 2 heterocycles. The van der Waals surface area contributed by atoms with Crippen LogP contribution in [0.15, 0.2) is 36.4 Å². The lowest BCUT2D eigenvalue weighted by molar-refractivity contribution is 0.0766. The molecule has 0 unspecified atom stereocenters. The molecule has 0 radical (unpaired) electrons. The molecule has 3 amide bonds. The first-order valence-electron chi connectivity index (χ1n) is 13.2. The first kappa shape index (κ1) is 28.0. The predicted molar refractivity (Wildman–Crippen MR) is 148 cm³/mol. The van der Waals surface area contributed by atoms with Gasteiger partial charge in [-0.25, -0.2) is 4.79 Å². The van der Waals surface area contributed by atoms with Gasteiger partial charge in [0, 0.05) is 56.9 Å². The highest BCUT2D eigenvalue weighted by molar-refractivity contribution is 6.07. The zero-order chi connectivity index (χ0) is 27.8. The molecule has 4 rings (SSSR count). The molecule has 0 saturated carbocycles. The summed E-state index contributed by atoms with van der Waals surface area (Å²) in [4.78, 5) is 44.5. The number of amides is 3. The van der Waals surface area contributed by atoms with E-state index in [1.54, 1.807) is 29.2 Å². The molecule has 0 spiro atoms. The van der Waals surface area contributed by atoms with E-state index in [-0.39, 0.29) is 17.9 Å². The van der Waals surface area contributed by atoms with E-state index in [0.717, 1.165) is 31.6 Å². The van der Waals surface area contributed by atoms with Crippen LogP contribution in [-0.4, -0.2) is 101 Å². The summed E-state index contributed by atoms with van der Waals surface area (Å²) in [5.41, 5.74) is 2.21. The molecule has 210 valence electrons. The normalized spacial score (nSPS) is 16.1. The van der Waals surface area contributed by atoms with Crippen molar-refractivity contribution in [1.82, 2.24) is 15.1 Å². The van der Waals surface area contributed by atoms with Gasteiger partial charge < -0.3 is 39.5 Å². The van der Waals surface area contributed by atoms with Gasteiger partial charge in [0.05, 0.1) is 32.7 Å². The van der Waals surface area contributed by atoms with Crippen molar-refractivity contribution in [2.45, 2.75) is 12.8 Å². The van der Waals surface area contributed by atoms with E-state index in [1.165, 1.54) is 21.3 Å². The van der Waals surface area contributed by atoms with Gasteiger partial charge in [0.2, 0.25) is 0 Å². The fraction of sp³-hybridized carbons (Fsp3) is 0.464. The minimum absolute atomic E-state index is 0.0698. The van der Waals surface area contributed by atoms with Crippen molar-refractivity contribution in [3.05, 3.63) is 47.5 Å². The Balaban J connectivity index is 1.64. The van der Waals surface area contributed by atoms with Crippen LogP contribution in [0.3, 0.4) is 0 Å². The highest BCUT2D eigenvalue weighted by Gasteiger charge is 2.24. The van der Waals surface area contributed by atoms with Crippen LogP contribution < -0.4 is 25.0 Å². The van der Waals surface area contributed by atoms with Gasteiger partial charge in [-0.15, -0.1) is 0 Å². The third-order valence-corrected chi connectivity index (χ3v) is 7.03. The van der Waals surface area contributed by atoms with E-state index in [4.69, 9.17) is 14.2 Å². The first-order chi connectivity index (χ1) is 18.9. The molecule has 2 aromatic rings. The van der Waals surface area contributed by atoms with Crippen LogP contribution in [0.25, 0.3) is 0 Å². The number of benzene rings is 2. The summed E-state index contributed by atoms with van der Waals surface area (Å²) in [7, 11) is 4.43. The molecule has 39 heavy (non-hydrogen) atoms. The van der Waals surface area contributed by atoms with Crippen LogP contribution in [0.4, 0.5) is 16.2 Å². The number of carbonyl (C=O) groups is 3. The second-order valence-electron chi connectivity index (χ2n) is 9.45. The Labute approximate surface area is 229 Å². The van der Waals surface area contributed by atoms with Gasteiger partial charge in [0.15, 0.2) is 11.5 Å². The summed E-state index contributed by atoms with van der Waals surface area (Å²) in [6.07, 6.45) is 1.27. The molecule has 11 nitrogen and oxygen atoms in total. The molecule has 0 atom stereocenters. The Hall–Kier alpha value is -3.99. The van der Waals surface area contributed by atoms with E-state index in [1.807, 2.05) is 17.0 Å². The number of rotatable bonds is 6. The monoisotopic (exact) mass is 539 g/mol. The molecule has 2 saturated heterocycles. The number of ether oxygens (including phenoxy) is 3. The van der Waals surface area contributed by atoms with Crippen LogP contribution >= 0.6 is 0 Å². The molecule has 0 aromatic heterocycles. The van der Waals surface area contributed by atoms with Gasteiger partial charge in [0.25, 0.3) is 11.8 Å². The summed E-state index contributed by atoms with van der Waals surface area (Å²) < 4.78 is 15.6. The standard InChI is InChI=1S/C28H37N5O6/c1-37-24-9-7-20(19-25(24)38-2)26(34)30-22-18-21(27(35)32-12-4-10-29-11-15-32)6-8-23(22)31-13-5-14-33(17-16-31)28(36)39-3/h6-9,18-19,29H,4-5,10-17H2,1-3H3,(H,30,34). The van der Waals surface area contributed by atoms with Crippen molar-refractivity contribution < 1.29 is 28.6 Å². The molecular weight excluding hydrogens is 502 g/mol. The Kier molecular flexibility index (Phi) is 9.48. The van der Waals surface area contributed by atoms with E-state index in [0.29, 0.717) is 67.6 Å². The van der Waals surface area contributed by atoms with Gasteiger partial charge in [-0.1, -0.05) is 0 Å². The van der Waals surface area contributed by atoms with Crippen LogP contribution in [-0.2, 0) is 4.74 Å². The highest BCUT2D eigenvalue weighted by Crippen LogP contribution is 2.31. The quantitative estimate of drug-likeness (QED) is 0.576. The smallest absolute Gasteiger partial charge is 0.409 e. The van der Waals surface area contributed by atoms with E-state index >= 15 is 0 Å². The number of hydrogen-bond acceptors (Lipinski definition) is 8. The second kappa shape index (κ2) is 13.2. The maximum atomic E-state index is 13.4. The van der Waals surface area contributed by atoms with Crippen molar-refractivity contribution in [3.8, 4) is 11.5 Å². The molecule has 0 bridgehead atoms. The largest absolute Gasteiger partial charge is 0.493 e. The van der Waals surface area contributed by atoms with E-state index < -0.39 is 0 Å². The molecule has 2 N–H and O–H groups in total. The van der Waals surface area contributed by atoms with Gasteiger partial charge in [0.1, 0.15) is 0 Å². The van der Waals surface area contributed by atoms with Gasteiger partial charge in [-0.2, -0.15) is 0 Å². The van der Waals surface area contributed by atoms with Gasteiger partial charge in [-0.05, 0) is 55.8 Å². The number of nitrogens with one attached hydrogen (secondary N) is 2. The van der Waals surface area contributed by atoms with Crippen molar-refractivity contribution in [1.29, 1.82) is 0 Å². The Bertz CT molecular complexity index is 1180. The van der Waals surface area contributed by atoms with E-state index in [9.17, 15) is 14.4 Å².